The van der Waals surface area contributed by atoms with Crippen LogP contribution in [0.5, 0.6) is 0 Å². The highest BCUT2D eigenvalue weighted by molar-refractivity contribution is 7.89. The maximum Gasteiger partial charge on any atom is 0.251 e. The third-order valence-corrected chi connectivity index (χ3v) is 8.20. The Balaban J connectivity index is 1.43. The summed E-state index contributed by atoms with van der Waals surface area (Å²) in [7, 11) is -3.43. The van der Waals surface area contributed by atoms with E-state index in [0.29, 0.717) is 18.7 Å². The first-order valence-electron chi connectivity index (χ1n) is 9.50. The topological polar surface area (TPSA) is 75.7 Å². The summed E-state index contributed by atoms with van der Waals surface area (Å²) in [6, 6.07) is 6.54. The zero-order valence-electron chi connectivity index (χ0n) is 14.9. The number of hydrogen-bond acceptors (Lipinski definition) is 4. The molecule has 1 aromatic rings. The van der Waals surface area contributed by atoms with Crippen molar-refractivity contribution in [2.75, 3.05) is 26.3 Å². The van der Waals surface area contributed by atoms with Crippen molar-refractivity contribution in [2.45, 2.75) is 49.5 Å². The molecule has 3 aliphatic rings. The fourth-order valence-electron chi connectivity index (χ4n) is 4.40. The van der Waals surface area contributed by atoms with E-state index in [0.717, 1.165) is 51.7 Å². The maximum absolute atomic E-state index is 12.6. The van der Waals surface area contributed by atoms with Crippen LogP contribution in [-0.2, 0) is 14.8 Å². The molecule has 2 saturated heterocycles. The third-order valence-electron chi connectivity index (χ3n) is 6.28. The highest BCUT2D eigenvalue weighted by Crippen LogP contribution is 2.48. The molecule has 1 unspecified atom stereocenters. The second-order valence-corrected chi connectivity index (χ2v) is 9.61. The van der Waals surface area contributed by atoms with E-state index in [9.17, 15) is 13.2 Å². The van der Waals surface area contributed by atoms with E-state index >= 15 is 0 Å². The SMILES string of the molecule is O=C(NC1CCC12CCOCC2)c1ccc(S(=O)(=O)N2CCCC2)cc1. The molecule has 1 N–H and O–H groups in total. The molecule has 4 rings (SSSR count). The van der Waals surface area contributed by atoms with Gasteiger partial charge in [0.05, 0.1) is 4.90 Å². The van der Waals surface area contributed by atoms with Crippen LogP contribution < -0.4 is 5.32 Å². The molecule has 2 aliphatic heterocycles. The first-order chi connectivity index (χ1) is 12.5. The Morgan fingerprint density at radius 1 is 1.08 bits per heavy atom. The normalized spacial score (nSPS) is 25.8. The highest BCUT2D eigenvalue weighted by Gasteiger charge is 2.48. The van der Waals surface area contributed by atoms with Crippen molar-refractivity contribution in [3.63, 3.8) is 0 Å². The molecule has 3 fully saturated rings. The van der Waals surface area contributed by atoms with Gasteiger partial charge in [-0.3, -0.25) is 4.79 Å². The molecule has 1 aromatic carbocycles. The Morgan fingerprint density at radius 3 is 2.31 bits per heavy atom. The Kier molecular flexibility index (Phi) is 4.79. The summed E-state index contributed by atoms with van der Waals surface area (Å²) in [5.41, 5.74) is 0.715. The molecule has 0 aromatic heterocycles. The fraction of sp³-hybridized carbons (Fsp3) is 0.632. The van der Waals surface area contributed by atoms with Gasteiger partial charge >= 0.3 is 0 Å². The molecule has 2 heterocycles. The minimum Gasteiger partial charge on any atom is -0.381 e. The summed E-state index contributed by atoms with van der Waals surface area (Å²) < 4.78 is 32.1. The van der Waals surface area contributed by atoms with Gasteiger partial charge in [-0.15, -0.1) is 0 Å². The molecular weight excluding hydrogens is 352 g/mol. The summed E-state index contributed by atoms with van der Waals surface area (Å²) >= 11 is 0. The zero-order chi connectivity index (χ0) is 18.2. The van der Waals surface area contributed by atoms with Crippen LogP contribution in [-0.4, -0.2) is 51.0 Å². The summed E-state index contributed by atoms with van der Waals surface area (Å²) in [6.07, 6.45) is 5.99. The average molecular weight is 378 g/mol. The molecule has 0 bridgehead atoms. The van der Waals surface area contributed by atoms with Gasteiger partial charge in [-0.1, -0.05) is 0 Å². The summed E-state index contributed by atoms with van der Waals surface area (Å²) in [6.45, 7) is 2.71. The van der Waals surface area contributed by atoms with E-state index in [4.69, 9.17) is 4.74 Å². The zero-order valence-corrected chi connectivity index (χ0v) is 15.8. The van der Waals surface area contributed by atoms with Crippen LogP contribution in [0.15, 0.2) is 29.2 Å². The second kappa shape index (κ2) is 6.94. The Labute approximate surface area is 155 Å². The predicted octanol–water partition coefficient (Wildman–Crippen LogP) is 2.16. The first-order valence-corrected chi connectivity index (χ1v) is 10.9. The van der Waals surface area contributed by atoms with E-state index in [2.05, 4.69) is 5.32 Å². The number of carbonyl (C=O) groups is 1. The monoisotopic (exact) mass is 378 g/mol. The van der Waals surface area contributed by atoms with Crippen molar-refractivity contribution < 1.29 is 17.9 Å². The van der Waals surface area contributed by atoms with Crippen molar-refractivity contribution in [1.82, 2.24) is 9.62 Å². The number of rotatable bonds is 4. The number of benzene rings is 1. The van der Waals surface area contributed by atoms with Gasteiger partial charge in [0.2, 0.25) is 10.0 Å². The van der Waals surface area contributed by atoms with E-state index in [-0.39, 0.29) is 22.3 Å². The average Bonchev–Trinajstić information content (AvgIpc) is 3.21. The molecule has 1 saturated carbocycles. The van der Waals surface area contributed by atoms with Crippen LogP contribution in [0.3, 0.4) is 0 Å². The minimum absolute atomic E-state index is 0.120. The van der Waals surface area contributed by atoms with Gasteiger partial charge in [-0.25, -0.2) is 8.42 Å². The van der Waals surface area contributed by atoms with Gasteiger partial charge in [-0.05, 0) is 68.2 Å². The number of amides is 1. The smallest absolute Gasteiger partial charge is 0.251 e. The maximum atomic E-state index is 12.6. The van der Waals surface area contributed by atoms with Crippen LogP contribution in [0.25, 0.3) is 0 Å². The predicted molar refractivity (Wildman–Crippen MR) is 97.4 cm³/mol. The summed E-state index contributed by atoms with van der Waals surface area (Å²) in [4.78, 5) is 12.9. The van der Waals surface area contributed by atoms with E-state index in [1.54, 1.807) is 24.3 Å². The van der Waals surface area contributed by atoms with Crippen LogP contribution in [0, 0.1) is 5.41 Å². The van der Waals surface area contributed by atoms with Gasteiger partial charge in [0, 0.05) is 37.9 Å². The second-order valence-electron chi connectivity index (χ2n) is 7.68. The largest absolute Gasteiger partial charge is 0.381 e. The first kappa shape index (κ1) is 17.9. The Bertz CT molecular complexity index is 763. The quantitative estimate of drug-likeness (QED) is 0.871. The molecule has 1 aliphatic carbocycles. The molecule has 26 heavy (non-hydrogen) atoms. The Morgan fingerprint density at radius 2 is 1.73 bits per heavy atom. The summed E-state index contributed by atoms with van der Waals surface area (Å²) in [5.74, 6) is -0.120. The number of ether oxygens (including phenoxy) is 1. The van der Waals surface area contributed by atoms with Crippen molar-refractivity contribution >= 4 is 15.9 Å². The lowest BCUT2D eigenvalue weighted by Crippen LogP contribution is -2.57. The highest BCUT2D eigenvalue weighted by atomic mass is 32.2. The molecule has 6 nitrogen and oxygen atoms in total. The van der Waals surface area contributed by atoms with Gasteiger partial charge in [0.15, 0.2) is 0 Å². The molecule has 7 heteroatoms. The third kappa shape index (κ3) is 3.17. The van der Waals surface area contributed by atoms with Crippen molar-refractivity contribution in [3.05, 3.63) is 29.8 Å². The standard InChI is InChI=1S/C19H26N2O4S/c22-18(20-17-7-8-19(17)9-13-25-14-10-19)15-3-5-16(6-4-15)26(23,24)21-11-1-2-12-21/h3-6,17H,1-2,7-14H2,(H,20,22). The van der Waals surface area contributed by atoms with Crippen LogP contribution in [0.2, 0.25) is 0 Å². The van der Waals surface area contributed by atoms with Gasteiger partial charge in [-0.2, -0.15) is 4.31 Å². The van der Waals surface area contributed by atoms with Crippen LogP contribution in [0.4, 0.5) is 0 Å². The summed E-state index contributed by atoms with van der Waals surface area (Å²) in [5, 5.41) is 3.15. The van der Waals surface area contributed by atoms with E-state index in [1.807, 2.05) is 0 Å². The molecule has 1 atom stereocenters. The minimum atomic E-state index is -3.43. The lowest BCUT2D eigenvalue weighted by Gasteiger charge is -2.52. The van der Waals surface area contributed by atoms with Crippen LogP contribution in [0.1, 0.15) is 48.9 Å². The van der Waals surface area contributed by atoms with Gasteiger partial charge in [0.25, 0.3) is 5.91 Å². The lowest BCUT2D eigenvalue weighted by atomic mass is 9.60. The van der Waals surface area contributed by atoms with Crippen LogP contribution >= 0.6 is 0 Å². The molecular formula is C19H26N2O4S. The Hall–Kier alpha value is -1.44. The van der Waals surface area contributed by atoms with E-state index in [1.165, 1.54) is 4.31 Å². The number of carbonyl (C=O) groups excluding carboxylic acids is 1. The van der Waals surface area contributed by atoms with Crippen molar-refractivity contribution in [1.29, 1.82) is 0 Å². The molecule has 1 spiro atoms. The van der Waals surface area contributed by atoms with Crippen molar-refractivity contribution in [2.24, 2.45) is 5.41 Å². The number of nitrogens with one attached hydrogen (secondary N) is 1. The molecule has 0 radical (unpaired) electrons. The lowest BCUT2D eigenvalue weighted by molar-refractivity contribution is -0.0523. The molecule has 1 amide bonds. The number of sulfonamides is 1. The fourth-order valence-corrected chi connectivity index (χ4v) is 5.91. The van der Waals surface area contributed by atoms with E-state index < -0.39 is 10.0 Å². The van der Waals surface area contributed by atoms with Gasteiger partial charge < -0.3 is 10.1 Å². The number of hydrogen-bond donors (Lipinski definition) is 1. The molecule has 142 valence electrons. The van der Waals surface area contributed by atoms with Crippen molar-refractivity contribution in [3.8, 4) is 0 Å². The van der Waals surface area contributed by atoms with Gasteiger partial charge in [0.1, 0.15) is 0 Å². The number of nitrogens with zero attached hydrogens (tertiary/aromatic N) is 1.